The lowest BCUT2D eigenvalue weighted by Crippen LogP contribution is -2.32. The lowest BCUT2D eigenvalue weighted by atomic mass is 10.2. The summed E-state index contributed by atoms with van der Waals surface area (Å²) < 4.78 is 40.6. The molecule has 1 amide bonds. The van der Waals surface area contributed by atoms with Crippen molar-refractivity contribution in [3.8, 4) is 5.75 Å². The number of ether oxygens (including phenoxy) is 1. The maximum atomic E-state index is 12.1. The van der Waals surface area contributed by atoms with Crippen molar-refractivity contribution in [2.45, 2.75) is 19.5 Å². The number of alkyl halides is 3. The average molecular weight is 319 g/mol. The smallest absolute Gasteiger partial charge is 0.422 e. The third kappa shape index (κ3) is 6.02. The molecule has 0 saturated heterocycles. The first-order valence-corrected chi connectivity index (χ1v) is 6.53. The number of rotatable bonds is 7. The molecule has 0 radical (unpaired) electrons. The van der Waals surface area contributed by atoms with Gasteiger partial charge in [0.2, 0.25) is 0 Å². The molecular formula is C14H16F3NO4. The molecule has 8 heteroatoms. The van der Waals surface area contributed by atoms with Gasteiger partial charge in [-0.2, -0.15) is 13.2 Å². The number of amides is 1. The van der Waals surface area contributed by atoms with Crippen molar-refractivity contribution in [2.24, 2.45) is 0 Å². The van der Waals surface area contributed by atoms with E-state index in [-0.39, 0.29) is 30.2 Å². The fraction of sp³-hybridized carbons (Fsp3) is 0.429. The zero-order chi connectivity index (χ0) is 16.8. The molecule has 122 valence electrons. The molecule has 0 aromatic heterocycles. The van der Waals surface area contributed by atoms with Crippen molar-refractivity contribution in [2.75, 3.05) is 19.7 Å². The molecular weight excluding hydrogens is 303 g/mol. The van der Waals surface area contributed by atoms with Gasteiger partial charge in [-0.3, -0.25) is 9.59 Å². The second-order valence-electron chi connectivity index (χ2n) is 4.46. The Morgan fingerprint density at radius 2 is 1.82 bits per heavy atom. The summed E-state index contributed by atoms with van der Waals surface area (Å²) in [6, 6.07) is 5.23. The molecule has 0 atom stereocenters. The van der Waals surface area contributed by atoms with E-state index in [1.165, 1.54) is 29.2 Å². The molecule has 0 unspecified atom stereocenters. The Kier molecular flexibility index (Phi) is 6.21. The fourth-order valence-corrected chi connectivity index (χ4v) is 1.68. The van der Waals surface area contributed by atoms with Gasteiger partial charge in [-0.1, -0.05) is 0 Å². The number of halogens is 3. The first kappa shape index (κ1) is 17.8. The standard InChI is InChI=1S/C14H16F3NO4/c1-2-18(8-7-12(19)20)13(21)10-3-5-11(6-4-10)22-9-14(15,16)17/h3-6H,2,7-9H2,1H3,(H,19,20). The molecule has 0 spiro atoms. The molecule has 5 nitrogen and oxygen atoms in total. The molecule has 0 saturated carbocycles. The lowest BCUT2D eigenvalue weighted by Gasteiger charge is -2.20. The van der Waals surface area contributed by atoms with Crippen LogP contribution in [0.5, 0.6) is 5.75 Å². The van der Waals surface area contributed by atoms with Gasteiger partial charge in [0, 0.05) is 18.7 Å². The highest BCUT2D eigenvalue weighted by Crippen LogP contribution is 2.19. The highest BCUT2D eigenvalue weighted by molar-refractivity contribution is 5.94. The van der Waals surface area contributed by atoms with E-state index >= 15 is 0 Å². The van der Waals surface area contributed by atoms with Crippen molar-refractivity contribution in [1.29, 1.82) is 0 Å². The minimum Gasteiger partial charge on any atom is -0.484 e. The quantitative estimate of drug-likeness (QED) is 0.839. The molecule has 1 N–H and O–H groups in total. The van der Waals surface area contributed by atoms with E-state index in [4.69, 9.17) is 5.11 Å². The molecule has 22 heavy (non-hydrogen) atoms. The van der Waals surface area contributed by atoms with Crippen LogP contribution in [-0.4, -0.2) is 47.8 Å². The third-order valence-corrected chi connectivity index (χ3v) is 2.77. The Hall–Kier alpha value is -2.25. The largest absolute Gasteiger partial charge is 0.484 e. The summed E-state index contributed by atoms with van der Waals surface area (Å²) in [6.45, 7) is 0.704. The Balaban J connectivity index is 2.67. The van der Waals surface area contributed by atoms with Crippen LogP contribution < -0.4 is 4.74 Å². The van der Waals surface area contributed by atoms with Crippen molar-refractivity contribution in [3.05, 3.63) is 29.8 Å². The van der Waals surface area contributed by atoms with E-state index in [1.54, 1.807) is 6.92 Å². The lowest BCUT2D eigenvalue weighted by molar-refractivity contribution is -0.153. The number of nitrogens with zero attached hydrogens (tertiary/aromatic N) is 1. The predicted octanol–water partition coefficient (Wildman–Crippen LogP) is 2.56. The van der Waals surface area contributed by atoms with Gasteiger partial charge in [-0.05, 0) is 31.2 Å². The van der Waals surface area contributed by atoms with Crippen LogP contribution in [-0.2, 0) is 4.79 Å². The SMILES string of the molecule is CCN(CCC(=O)O)C(=O)c1ccc(OCC(F)(F)F)cc1. The Bertz CT molecular complexity index is 514. The summed E-state index contributed by atoms with van der Waals surface area (Å²) in [5.74, 6) is -1.39. The average Bonchev–Trinajstić information content (AvgIpc) is 2.45. The normalized spacial score (nSPS) is 11.1. The monoisotopic (exact) mass is 319 g/mol. The Morgan fingerprint density at radius 1 is 1.23 bits per heavy atom. The van der Waals surface area contributed by atoms with Gasteiger partial charge < -0.3 is 14.7 Å². The number of benzene rings is 1. The van der Waals surface area contributed by atoms with E-state index in [9.17, 15) is 22.8 Å². The number of carbonyl (C=O) groups is 2. The summed E-state index contributed by atoms with van der Waals surface area (Å²) in [7, 11) is 0. The summed E-state index contributed by atoms with van der Waals surface area (Å²) >= 11 is 0. The molecule has 0 bridgehead atoms. The molecule has 1 aromatic carbocycles. The number of carbonyl (C=O) groups excluding carboxylic acids is 1. The van der Waals surface area contributed by atoms with Crippen LogP contribution in [0, 0.1) is 0 Å². The predicted molar refractivity (Wildman–Crippen MR) is 71.8 cm³/mol. The van der Waals surface area contributed by atoms with Gasteiger partial charge in [0.05, 0.1) is 6.42 Å². The van der Waals surface area contributed by atoms with E-state index in [0.717, 1.165) is 0 Å². The second-order valence-corrected chi connectivity index (χ2v) is 4.46. The van der Waals surface area contributed by atoms with Crippen LogP contribution in [0.4, 0.5) is 13.2 Å². The topological polar surface area (TPSA) is 66.8 Å². The number of carboxylic acid groups (broad SMARTS) is 1. The van der Waals surface area contributed by atoms with Crippen LogP contribution in [0.1, 0.15) is 23.7 Å². The molecule has 0 aliphatic carbocycles. The maximum Gasteiger partial charge on any atom is 0.422 e. The third-order valence-electron chi connectivity index (χ3n) is 2.77. The summed E-state index contributed by atoms with van der Waals surface area (Å²) in [6.07, 6.45) is -4.60. The number of aliphatic carboxylic acids is 1. The number of carboxylic acids is 1. The molecule has 0 aliphatic rings. The van der Waals surface area contributed by atoms with Crippen molar-refractivity contribution < 1.29 is 32.6 Å². The van der Waals surface area contributed by atoms with Crippen LogP contribution >= 0.6 is 0 Å². The van der Waals surface area contributed by atoms with Gasteiger partial charge in [0.15, 0.2) is 6.61 Å². The van der Waals surface area contributed by atoms with Crippen molar-refractivity contribution >= 4 is 11.9 Å². The highest BCUT2D eigenvalue weighted by atomic mass is 19.4. The van der Waals surface area contributed by atoms with Crippen LogP contribution in [0.25, 0.3) is 0 Å². The van der Waals surface area contributed by atoms with E-state index < -0.39 is 18.8 Å². The van der Waals surface area contributed by atoms with Gasteiger partial charge in [-0.15, -0.1) is 0 Å². The van der Waals surface area contributed by atoms with Crippen molar-refractivity contribution in [1.82, 2.24) is 4.90 Å². The molecule has 1 aromatic rings. The van der Waals surface area contributed by atoms with Crippen LogP contribution in [0.3, 0.4) is 0 Å². The summed E-state index contributed by atoms with van der Waals surface area (Å²) in [5, 5.41) is 8.63. The molecule has 0 aliphatic heterocycles. The van der Waals surface area contributed by atoms with E-state index in [1.807, 2.05) is 0 Å². The fourth-order valence-electron chi connectivity index (χ4n) is 1.68. The Morgan fingerprint density at radius 3 is 2.27 bits per heavy atom. The minimum atomic E-state index is -4.43. The maximum absolute atomic E-state index is 12.1. The van der Waals surface area contributed by atoms with Gasteiger partial charge >= 0.3 is 12.1 Å². The zero-order valence-corrected chi connectivity index (χ0v) is 11.9. The number of hydrogen-bond acceptors (Lipinski definition) is 3. The molecule has 1 rings (SSSR count). The first-order chi connectivity index (χ1) is 10.2. The van der Waals surface area contributed by atoms with Gasteiger partial charge in [0.1, 0.15) is 5.75 Å². The van der Waals surface area contributed by atoms with E-state index in [0.29, 0.717) is 6.54 Å². The van der Waals surface area contributed by atoms with Crippen LogP contribution in [0.2, 0.25) is 0 Å². The van der Waals surface area contributed by atoms with E-state index in [2.05, 4.69) is 4.74 Å². The first-order valence-electron chi connectivity index (χ1n) is 6.53. The van der Waals surface area contributed by atoms with Crippen molar-refractivity contribution in [3.63, 3.8) is 0 Å². The van der Waals surface area contributed by atoms with Crippen LogP contribution in [0.15, 0.2) is 24.3 Å². The number of hydrogen-bond donors (Lipinski definition) is 1. The molecule has 0 heterocycles. The zero-order valence-electron chi connectivity index (χ0n) is 11.9. The summed E-state index contributed by atoms with van der Waals surface area (Å²) in [4.78, 5) is 24.0. The Labute approximate surface area is 125 Å². The van der Waals surface area contributed by atoms with Gasteiger partial charge in [0.25, 0.3) is 5.91 Å². The molecule has 0 fully saturated rings. The summed E-state index contributed by atoms with van der Waals surface area (Å²) in [5.41, 5.74) is 0.256. The highest BCUT2D eigenvalue weighted by Gasteiger charge is 2.28. The minimum absolute atomic E-state index is 0.00228. The van der Waals surface area contributed by atoms with Gasteiger partial charge in [-0.25, -0.2) is 0 Å². The second kappa shape index (κ2) is 7.67.